The highest BCUT2D eigenvalue weighted by Gasteiger charge is 2.05. The van der Waals surface area contributed by atoms with Gasteiger partial charge in [-0.15, -0.1) is 0 Å². The van der Waals surface area contributed by atoms with Gasteiger partial charge in [-0.25, -0.2) is 4.99 Å². The standard InChI is InChI=1S/C21H19NO/c1-15(2)21(22-19-11-8-16(3)9-12-19)23-20-13-10-17-6-4-5-7-18(17)14-20/h4-14H,1H2,2-3H3. The zero-order valence-corrected chi connectivity index (χ0v) is 13.4. The van der Waals surface area contributed by atoms with E-state index in [0.29, 0.717) is 5.90 Å². The lowest BCUT2D eigenvalue weighted by molar-refractivity contribution is 0.552. The molecule has 0 atom stereocenters. The highest BCUT2D eigenvalue weighted by atomic mass is 16.5. The van der Waals surface area contributed by atoms with Crippen molar-refractivity contribution in [2.24, 2.45) is 4.99 Å². The summed E-state index contributed by atoms with van der Waals surface area (Å²) < 4.78 is 5.97. The van der Waals surface area contributed by atoms with Crippen LogP contribution in [0.25, 0.3) is 10.8 Å². The number of rotatable bonds is 3. The molecule has 0 bridgehead atoms. The first-order valence-corrected chi connectivity index (χ1v) is 7.60. The lowest BCUT2D eigenvalue weighted by atomic mass is 10.1. The van der Waals surface area contributed by atoms with Gasteiger partial charge in [0.25, 0.3) is 0 Å². The van der Waals surface area contributed by atoms with Crippen molar-refractivity contribution < 1.29 is 4.74 Å². The Bertz CT molecular complexity index is 876. The molecule has 0 fully saturated rings. The maximum atomic E-state index is 5.97. The Morgan fingerprint density at radius 1 is 0.913 bits per heavy atom. The van der Waals surface area contributed by atoms with Crippen molar-refractivity contribution in [1.82, 2.24) is 0 Å². The third kappa shape index (κ3) is 3.67. The minimum absolute atomic E-state index is 0.532. The van der Waals surface area contributed by atoms with Gasteiger partial charge in [0.15, 0.2) is 0 Å². The van der Waals surface area contributed by atoms with Crippen LogP contribution in [0.2, 0.25) is 0 Å². The van der Waals surface area contributed by atoms with Gasteiger partial charge in [0.05, 0.1) is 5.69 Å². The van der Waals surface area contributed by atoms with E-state index >= 15 is 0 Å². The molecular weight excluding hydrogens is 282 g/mol. The van der Waals surface area contributed by atoms with Gasteiger partial charge in [-0.1, -0.05) is 54.6 Å². The molecule has 0 unspecified atom stereocenters. The quantitative estimate of drug-likeness (QED) is 0.440. The summed E-state index contributed by atoms with van der Waals surface area (Å²) in [6.07, 6.45) is 0. The summed E-state index contributed by atoms with van der Waals surface area (Å²) in [5.41, 5.74) is 2.85. The van der Waals surface area contributed by atoms with Crippen molar-refractivity contribution >= 4 is 22.4 Å². The van der Waals surface area contributed by atoms with Crippen molar-refractivity contribution in [3.63, 3.8) is 0 Å². The van der Waals surface area contributed by atoms with Crippen LogP contribution in [0.4, 0.5) is 5.69 Å². The normalized spacial score (nSPS) is 11.5. The Kier molecular flexibility index (Phi) is 4.24. The Morgan fingerprint density at radius 2 is 1.61 bits per heavy atom. The molecule has 0 N–H and O–H groups in total. The first-order chi connectivity index (χ1) is 11.1. The van der Waals surface area contributed by atoms with Crippen molar-refractivity contribution in [3.05, 3.63) is 84.4 Å². The van der Waals surface area contributed by atoms with Gasteiger partial charge in [0, 0.05) is 5.57 Å². The molecule has 0 radical (unpaired) electrons. The summed E-state index contributed by atoms with van der Waals surface area (Å²) in [5.74, 6) is 1.29. The second-order valence-electron chi connectivity index (χ2n) is 5.64. The monoisotopic (exact) mass is 301 g/mol. The summed E-state index contributed by atoms with van der Waals surface area (Å²) in [4.78, 5) is 4.57. The smallest absolute Gasteiger partial charge is 0.222 e. The minimum Gasteiger partial charge on any atom is -0.439 e. The van der Waals surface area contributed by atoms with Crippen molar-refractivity contribution in [2.45, 2.75) is 13.8 Å². The van der Waals surface area contributed by atoms with Gasteiger partial charge in [0.1, 0.15) is 5.75 Å². The molecule has 23 heavy (non-hydrogen) atoms. The summed E-state index contributed by atoms with van der Waals surface area (Å²) in [6.45, 7) is 7.92. The summed E-state index contributed by atoms with van der Waals surface area (Å²) in [7, 11) is 0. The maximum absolute atomic E-state index is 5.97. The second-order valence-corrected chi connectivity index (χ2v) is 5.64. The molecule has 2 nitrogen and oxygen atoms in total. The van der Waals surface area contributed by atoms with Crippen LogP contribution < -0.4 is 4.74 Å². The molecule has 2 heteroatoms. The van der Waals surface area contributed by atoms with Gasteiger partial charge in [0.2, 0.25) is 5.90 Å². The fourth-order valence-electron chi connectivity index (χ4n) is 2.28. The number of hydrogen-bond acceptors (Lipinski definition) is 2. The number of nitrogens with zero attached hydrogens (tertiary/aromatic N) is 1. The average molecular weight is 301 g/mol. The topological polar surface area (TPSA) is 21.6 Å². The first-order valence-electron chi connectivity index (χ1n) is 7.60. The summed E-state index contributed by atoms with van der Waals surface area (Å²) in [6, 6.07) is 22.2. The number of aliphatic imine (C=N–C) groups is 1. The first kappa shape index (κ1) is 15.0. The number of aryl methyl sites for hydroxylation is 1. The van der Waals surface area contributed by atoms with Gasteiger partial charge in [-0.3, -0.25) is 0 Å². The van der Waals surface area contributed by atoms with Gasteiger partial charge in [-0.2, -0.15) is 0 Å². The fraction of sp³-hybridized carbons (Fsp3) is 0.0952. The maximum Gasteiger partial charge on any atom is 0.222 e. The van der Waals surface area contributed by atoms with E-state index in [9.17, 15) is 0 Å². The van der Waals surface area contributed by atoms with Crippen molar-refractivity contribution in [2.75, 3.05) is 0 Å². The predicted molar refractivity (Wildman–Crippen MR) is 97.7 cm³/mol. The molecule has 0 aromatic heterocycles. The van der Waals surface area contributed by atoms with Gasteiger partial charge in [-0.05, 0) is 48.9 Å². The number of ether oxygens (including phenoxy) is 1. The van der Waals surface area contributed by atoms with E-state index in [2.05, 4.69) is 30.6 Å². The SMILES string of the molecule is C=C(C)C(=Nc1ccc(C)cc1)Oc1ccc2ccccc2c1. The van der Waals surface area contributed by atoms with Crippen LogP contribution in [0.15, 0.2) is 83.9 Å². The van der Waals surface area contributed by atoms with Crippen LogP contribution in [0.5, 0.6) is 5.75 Å². The number of fused-ring (bicyclic) bond motifs is 1. The lowest BCUT2D eigenvalue weighted by Crippen LogP contribution is -2.09. The van der Waals surface area contributed by atoms with E-state index in [-0.39, 0.29) is 0 Å². The van der Waals surface area contributed by atoms with Crippen LogP contribution >= 0.6 is 0 Å². The lowest BCUT2D eigenvalue weighted by Gasteiger charge is -2.10. The number of benzene rings is 3. The Hall–Kier alpha value is -2.87. The van der Waals surface area contributed by atoms with Crippen LogP contribution in [-0.2, 0) is 0 Å². The van der Waals surface area contributed by atoms with Crippen LogP contribution in [0.3, 0.4) is 0 Å². The third-order valence-corrected chi connectivity index (χ3v) is 3.57. The Labute approximate surface area is 136 Å². The Morgan fingerprint density at radius 3 is 2.30 bits per heavy atom. The van der Waals surface area contributed by atoms with E-state index < -0.39 is 0 Å². The van der Waals surface area contributed by atoms with E-state index in [1.807, 2.05) is 61.5 Å². The highest BCUT2D eigenvalue weighted by molar-refractivity contribution is 5.96. The largest absolute Gasteiger partial charge is 0.439 e. The highest BCUT2D eigenvalue weighted by Crippen LogP contribution is 2.22. The molecule has 3 rings (SSSR count). The second kappa shape index (κ2) is 6.49. The summed E-state index contributed by atoms with van der Waals surface area (Å²) >= 11 is 0. The predicted octanol–water partition coefficient (Wildman–Crippen LogP) is 5.83. The number of hydrogen-bond donors (Lipinski definition) is 0. The molecule has 0 aliphatic rings. The van der Waals surface area contributed by atoms with Crippen LogP contribution in [-0.4, -0.2) is 5.90 Å². The molecule has 0 aliphatic carbocycles. The zero-order valence-electron chi connectivity index (χ0n) is 13.4. The van der Waals surface area contributed by atoms with E-state index in [0.717, 1.165) is 22.4 Å². The van der Waals surface area contributed by atoms with E-state index in [1.165, 1.54) is 10.9 Å². The molecule has 0 saturated heterocycles. The van der Waals surface area contributed by atoms with Crippen LogP contribution in [0, 0.1) is 6.92 Å². The fourth-order valence-corrected chi connectivity index (χ4v) is 2.28. The average Bonchev–Trinajstić information content (AvgIpc) is 2.56. The molecule has 0 saturated carbocycles. The van der Waals surface area contributed by atoms with Crippen molar-refractivity contribution in [3.8, 4) is 5.75 Å². The third-order valence-electron chi connectivity index (χ3n) is 3.57. The zero-order chi connectivity index (χ0) is 16.2. The molecule has 3 aromatic carbocycles. The van der Waals surface area contributed by atoms with Gasteiger partial charge < -0.3 is 4.74 Å². The van der Waals surface area contributed by atoms with Crippen LogP contribution in [0.1, 0.15) is 12.5 Å². The molecule has 114 valence electrons. The molecule has 0 heterocycles. The molecule has 0 amide bonds. The minimum atomic E-state index is 0.532. The van der Waals surface area contributed by atoms with Crippen molar-refractivity contribution in [1.29, 1.82) is 0 Å². The molecular formula is C21H19NO. The molecule has 3 aromatic rings. The molecule has 0 spiro atoms. The van der Waals surface area contributed by atoms with Gasteiger partial charge >= 0.3 is 0 Å². The van der Waals surface area contributed by atoms with E-state index in [1.54, 1.807) is 0 Å². The molecule has 0 aliphatic heterocycles. The Balaban J connectivity index is 1.92. The summed E-state index contributed by atoms with van der Waals surface area (Å²) in [5, 5.41) is 2.33. The van der Waals surface area contributed by atoms with E-state index in [4.69, 9.17) is 4.74 Å².